The van der Waals surface area contributed by atoms with Crippen LogP contribution in [0.4, 0.5) is 10.1 Å². The smallest absolute Gasteiger partial charge is 0.146 e. The molecule has 0 aliphatic heterocycles. The van der Waals surface area contributed by atoms with Crippen LogP contribution in [-0.2, 0) is 11.3 Å². The lowest BCUT2D eigenvalue weighted by molar-refractivity contribution is 0.185. The maximum absolute atomic E-state index is 13.2. The fourth-order valence-electron chi connectivity index (χ4n) is 1.16. The predicted octanol–water partition coefficient (Wildman–Crippen LogP) is 2.04. The third-order valence-corrected chi connectivity index (χ3v) is 1.80. The van der Waals surface area contributed by atoms with Crippen LogP contribution in [0.3, 0.4) is 0 Å². The molecule has 3 heteroatoms. The summed E-state index contributed by atoms with van der Waals surface area (Å²) in [4.78, 5) is 1.74. The van der Waals surface area contributed by atoms with Gasteiger partial charge < -0.3 is 9.64 Å². The van der Waals surface area contributed by atoms with Crippen LogP contribution in [0.15, 0.2) is 18.2 Å². The molecule has 0 aliphatic carbocycles. The van der Waals surface area contributed by atoms with Gasteiger partial charge in [0.15, 0.2) is 0 Å². The number of benzene rings is 1. The largest absolute Gasteiger partial charge is 0.380 e. The minimum Gasteiger partial charge on any atom is -0.380 e. The van der Waals surface area contributed by atoms with Crippen LogP contribution in [0.5, 0.6) is 0 Å². The van der Waals surface area contributed by atoms with Gasteiger partial charge in [-0.15, -0.1) is 0 Å². The first-order valence-electron chi connectivity index (χ1n) is 4.10. The van der Waals surface area contributed by atoms with E-state index in [2.05, 4.69) is 0 Å². The minimum atomic E-state index is -0.204. The molecule has 0 N–H and O–H groups in total. The molecule has 1 aromatic rings. The Morgan fingerprint density at radius 3 is 2.62 bits per heavy atom. The molecule has 0 aliphatic rings. The minimum absolute atomic E-state index is 0.204. The topological polar surface area (TPSA) is 12.5 Å². The van der Waals surface area contributed by atoms with Crippen molar-refractivity contribution in [2.75, 3.05) is 26.1 Å². The quantitative estimate of drug-likeness (QED) is 0.711. The summed E-state index contributed by atoms with van der Waals surface area (Å²) in [6.45, 7) is 0.515. The normalized spacial score (nSPS) is 10.2. The molecule has 0 saturated carbocycles. The van der Waals surface area contributed by atoms with Crippen molar-refractivity contribution in [3.05, 3.63) is 29.6 Å². The number of methoxy groups -OCH3 is 1. The molecule has 0 bridgehead atoms. The highest BCUT2D eigenvalue weighted by atomic mass is 19.1. The molecule has 0 unspecified atom stereocenters. The Hall–Kier alpha value is -1.09. The molecule has 1 rings (SSSR count). The fourth-order valence-corrected chi connectivity index (χ4v) is 1.16. The van der Waals surface area contributed by atoms with Crippen molar-refractivity contribution in [1.29, 1.82) is 0 Å². The van der Waals surface area contributed by atoms with E-state index < -0.39 is 0 Å². The maximum Gasteiger partial charge on any atom is 0.146 e. The van der Waals surface area contributed by atoms with Gasteiger partial charge in [-0.1, -0.05) is 6.07 Å². The van der Waals surface area contributed by atoms with Gasteiger partial charge in [-0.2, -0.15) is 0 Å². The van der Waals surface area contributed by atoms with Crippen LogP contribution in [0.2, 0.25) is 0 Å². The number of nitrogens with zero attached hydrogens (tertiary/aromatic N) is 1. The highest BCUT2D eigenvalue weighted by molar-refractivity contribution is 5.48. The number of rotatable bonds is 3. The fraction of sp³-hybridized carbons (Fsp3) is 0.400. The Balaban J connectivity index is 2.97. The Morgan fingerprint density at radius 2 is 2.08 bits per heavy atom. The number of hydrogen-bond donors (Lipinski definition) is 0. The summed E-state index contributed by atoms with van der Waals surface area (Å²) >= 11 is 0. The van der Waals surface area contributed by atoms with E-state index in [-0.39, 0.29) is 5.82 Å². The zero-order valence-corrected chi connectivity index (χ0v) is 8.17. The number of ether oxygens (including phenoxy) is 1. The van der Waals surface area contributed by atoms with Gasteiger partial charge in [0.1, 0.15) is 5.82 Å². The third kappa shape index (κ3) is 2.42. The molecule has 0 atom stereocenters. The van der Waals surface area contributed by atoms with Crippen LogP contribution >= 0.6 is 0 Å². The van der Waals surface area contributed by atoms with Gasteiger partial charge in [-0.3, -0.25) is 0 Å². The summed E-state index contributed by atoms with van der Waals surface area (Å²) in [5.41, 5.74) is 1.57. The zero-order chi connectivity index (χ0) is 9.84. The van der Waals surface area contributed by atoms with E-state index in [9.17, 15) is 4.39 Å². The standard InChI is InChI=1S/C10H14FNO/c1-12(2)10-6-8(7-13-3)4-5-9(10)11/h4-6H,7H2,1-3H3. The second-order valence-corrected chi connectivity index (χ2v) is 3.11. The van der Waals surface area contributed by atoms with E-state index in [0.29, 0.717) is 12.3 Å². The van der Waals surface area contributed by atoms with Crippen molar-refractivity contribution < 1.29 is 9.13 Å². The summed E-state index contributed by atoms with van der Waals surface area (Å²) in [5, 5.41) is 0. The Labute approximate surface area is 77.9 Å². The number of anilines is 1. The van der Waals surface area contributed by atoms with Crippen molar-refractivity contribution in [2.24, 2.45) is 0 Å². The van der Waals surface area contributed by atoms with E-state index in [0.717, 1.165) is 5.56 Å². The second-order valence-electron chi connectivity index (χ2n) is 3.11. The molecule has 0 fully saturated rings. The molecule has 0 amide bonds. The zero-order valence-electron chi connectivity index (χ0n) is 8.17. The molecular weight excluding hydrogens is 169 g/mol. The van der Waals surface area contributed by atoms with Gasteiger partial charge >= 0.3 is 0 Å². The average molecular weight is 183 g/mol. The molecule has 0 aromatic heterocycles. The first kappa shape index (κ1) is 9.99. The van der Waals surface area contributed by atoms with E-state index in [4.69, 9.17) is 4.74 Å². The molecule has 2 nitrogen and oxygen atoms in total. The molecule has 0 saturated heterocycles. The Morgan fingerprint density at radius 1 is 1.38 bits per heavy atom. The number of hydrogen-bond acceptors (Lipinski definition) is 2. The van der Waals surface area contributed by atoms with E-state index in [1.807, 2.05) is 14.1 Å². The molecule has 72 valence electrons. The van der Waals surface area contributed by atoms with Crippen LogP contribution in [0, 0.1) is 5.82 Å². The molecule has 0 spiro atoms. The molecule has 13 heavy (non-hydrogen) atoms. The first-order chi connectivity index (χ1) is 6.15. The van der Waals surface area contributed by atoms with E-state index in [1.54, 1.807) is 24.1 Å². The second kappa shape index (κ2) is 4.23. The van der Waals surface area contributed by atoms with Gasteiger partial charge in [0.25, 0.3) is 0 Å². The lowest BCUT2D eigenvalue weighted by atomic mass is 10.2. The van der Waals surface area contributed by atoms with Crippen LogP contribution in [0.25, 0.3) is 0 Å². The van der Waals surface area contributed by atoms with Crippen molar-refractivity contribution >= 4 is 5.69 Å². The van der Waals surface area contributed by atoms with Crippen LogP contribution in [-0.4, -0.2) is 21.2 Å². The van der Waals surface area contributed by atoms with Crippen molar-refractivity contribution in [2.45, 2.75) is 6.61 Å². The summed E-state index contributed by atoms with van der Waals surface area (Å²) in [7, 11) is 5.25. The molecule has 1 aromatic carbocycles. The lowest BCUT2D eigenvalue weighted by Gasteiger charge is -2.14. The third-order valence-electron chi connectivity index (χ3n) is 1.80. The average Bonchev–Trinajstić information content (AvgIpc) is 2.08. The van der Waals surface area contributed by atoms with Crippen LogP contribution < -0.4 is 4.90 Å². The van der Waals surface area contributed by atoms with Gasteiger partial charge in [0.05, 0.1) is 12.3 Å². The highest BCUT2D eigenvalue weighted by Gasteiger charge is 2.04. The molecular formula is C10H14FNO. The molecule has 0 radical (unpaired) electrons. The van der Waals surface area contributed by atoms with Gasteiger partial charge in [0.2, 0.25) is 0 Å². The van der Waals surface area contributed by atoms with Crippen molar-refractivity contribution in [3.8, 4) is 0 Å². The maximum atomic E-state index is 13.2. The van der Waals surface area contributed by atoms with Crippen molar-refractivity contribution in [3.63, 3.8) is 0 Å². The summed E-state index contributed by atoms with van der Waals surface area (Å²) in [6, 6.07) is 4.98. The number of halogens is 1. The predicted molar refractivity (Wildman–Crippen MR) is 51.4 cm³/mol. The summed E-state index contributed by atoms with van der Waals surface area (Å²) in [5.74, 6) is -0.204. The van der Waals surface area contributed by atoms with Gasteiger partial charge in [0, 0.05) is 21.2 Å². The van der Waals surface area contributed by atoms with Crippen molar-refractivity contribution in [1.82, 2.24) is 0 Å². The van der Waals surface area contributed by atoms with Gasteiger partial charge in [-0.25, -0.2) is 4.39 Å². The van der Waals surface area contributed by atoms with E-state index >= 15 is 0 Å². The molecule has 0 heterocycles. The highest BCUT2D eigenvalue weighted by Crippen LogP contribution is 2.18. The van der Waals surface area contributed by atoms with Gasteiger partial charge in [-0.05, 0) is 17.7 Å². The lowest BCUT2D eigenvalue weighted by Crippen LogP contribution is -2.11. The van der Waals surface area contributed by atoms with E-state index in [1.165, 1.54) is 6.07 Å². The summed E-state index contributed by atoms with van der Waals surface area (Å²) < 4.78 is 18.1. The Bertz CT molecular complexity index is 286. The van der Waals surface area contributed by atoms with Crippen LogP contribution in [0.1, 0.15) is 5.56 Å². The SMILES string of the molecule is COCc1ccc(F)c(N(C)C)c1. The first-order valence-corrected chi connectivity index (χ1v) is 4.10. The monoisotopic (exact) mass is 183 g/mol. The Kier molecular flexibility index (Phi) is 3.25. The summed E-state index contributed by atoms with van der Waals surface area (Å²) in [6.07, 6.45) is 0.